The standard InChI is InChI=1S/C47H31N5/c1-46-25-11-10-20-42(46)47(38-17-7-6-16-37(38)46)36-15-5-2-12-30(36)31-22-21-29(28-39(31)47)43-50-44(34-23-26-48-40-18-8-3-13-32(34)40)52-45(51-43)35-24-27-49-41-19-9-4-14-33(35)41/h2-28,42H,1H3. The number of fused-ring (bicyclic) bond motifs is 12. The number of aromatic nitrogens is 5. The van der Waals surface area contributed by atoms with Gasteiger partial charge in [-0.05, 0) is 63.7 Å². The van der Waals surface area contributed by atoms with Gasteiger partial charge in [0.15, 0.2) is 17.5 Å². The molecule has 5 aromatic carbocycles. The van der Waals surface area contributed by atoms with Crippen LogP contribution in [0.25, 0.3) is 67.1 Å². The number of allylic oxidation sites excluding steroid dienone is 4. The molecule has 3 heterocycles. The maximum absolute atomic E-state index is 5.27. The Balaban J connectivity index is 1.19. The molecule has 3 aliphatic rings. The van der Waals surface area contributed by atoms with Gasteiger partial charge in [-0.2, -0.15) is 0 Å². The van der Waals surface area contributed by atoms with Gasteiger partial charge in [0.1, 0.15) is 0 Å². The first-order valence-corrected chi connectivity index (χ1v) is 17.8. The minimum atomic E-state index is -0.379. The van der Waals surface area contributed by atoms with E-state index in [1.54, 1.807) is 0 Å². The van der Waals surface area contributed by atoms with Crippen LogP contribution < -0.4 is 0 Å². The van der Waals surface area contributed by atoms with Crippen molar-refractivity contribution >= 4 is 21.8 Å². The van der Waals surface area contributed by atoms with Crippen LogP contribution >= 0.6 is 0 Å². The summed E-state index contributed by atoms with van der Waals surface area (Å²) in [5.41, 5.74) is 12.0. The second kappa shape index (κ2) is 10.7. The van der Waals surface area contributed by atoms with Crippen LogP contribution in [0.1, 0.15) is 29.2 Å². The number of para-hydroxylation sites is 2. The van der Waals surface area contributed by atoms with Crippen LogP contribution in [-0.2, 0) is 10.8 Å². The fourth-order valence-corrected chi connectivity index (χ4v) is 9.45. The van der Waals surface area contributed by atoms with E-state index in [0.29, 0.717) is 17.5 Å². The molecule has 8 aromatic rings. The molecule has 5 nitrogen and oxygen atoms in total. The summed E-state index contributed by atoms with van der Waals surface area (Å²) in [6.45, 7) is 2.40. The van der Waals surface area contributed by atoms with Gasteiger partial charge < -0.3 is 0 Å². The molecule has 244 valence electrons. The largest absolute Gasteiger partial charge is 0.256 e. The summed E-state index contributed by atoms with van der Waals surface area (Å²) >= 11 is 0. The number of nitrogens with zero attached hydrogens (tertiary/aromatic N) is 5. The van der Waals surface area contributed by atoms with Crippen molar-refractivity contribution in [2.45, 2.75) is 17.8 Å². The van der Waals surface area contributed by atoms with Crippen molar-refractivity contribution in [3.63, 3.8) is 0 Å². The summed E-state index contributed by atoms with van der Waals surface area (Å²) in [4.78, 5) is 25.0. The Morgan fingerprint density at radius 1 is 0.481 bits per heavy atom. The molecule has 3 aromatic heterocycles. The van der Waals surface area contributed by atoms with Crippen molar-refractivity contribution in [1.29, 1.82) is 0 Å². The molecule has 3 unspecified atom stereocenters. The van der Waals surface area contributed by atoms with E-state index in [0.717, 1.165) is 38.5 Å². The summed E-state index contributed by atoms with van der Waals surface area (Å²) in [6, 6.07) is 45.2. The van der Waals surface area contributed by atoms with Gasteiger partial charge in [-0.1, -0.05) is 128 Å². The molecule has 1 spiro atoms. The Labute approximate surface area is 301 Å². The predicted octanol–water partition coefficient (Wildman–Crippen LogP) is 10.3. The van der Waals surface area contributed by atoms with Gasteiger partial charge in [-0.25, -0.2) is 15.0 Å². The van der Waals surface area contributed by atoms with Crippen LogP contribution in [0.15, 0.2) is 164 Å². The maximum Gasteiger partial charge on any atom is 0.164 e. The molecule has 11 rings (SSSR count). The summed E-state index contributed by atoms with van der Waals surface area (Å²) < 4.78 is 0. The molecule has 0 amide bonds. The minimum absolute atomic E-state index is 0.158. The first-order chi connectivity index (χ1) is 25.6. The van der Waals surface area contributed by atoms with Crippen LogP contribution in [0.5, 0.6) is 0 Å². The Morgan fingerprint density at radius 2 is 1.06 bits per heavy atom. The van der Waals surface area contributed by atoms with Gasteiger partial charge in [-0.3, -0.25) is 9.97 Å². The van der Waals surface area contributed by atoms with Crippen molar-refractivity contribution in [2.24, 2.45) is 5.92 Å². The number of hydrogen-bond donors (Lipinski definition) is 0. The lowest BCUT2D eigenvalue weighted by Crippen LogP contribution is -2.38. The summed E-state index contributed by atoms with van der Waals surface area (Å²) in [5.74, 6) is 2.04. The molecule has 0 aliphatic heterocycles. The van der Waals surface area contributed by atoms with Gasteiger partial charge in [0.05, 0.1) is 16.4 Å². The van der Waals surface area contributed by atoms with Crippen LogP contribution in [0.2, 0.25) is 0 Å². The Hall–Kier alpha value is -6.59. The van der Waals surface area contributed by atoms with Crippen LogP contribution in [-0.4, -0.2) is 24.9 Å². The third-order valence-electron chi connectivity index (χ3n) is 11.7. The monoisotopic (exact) mass is 665 g/mol. The van der Waals surface area contributed by atoms with E-state index in [-0.39, 0.29) is 16.7 Å². The van der Waals surface area contributed by atoms with Gasteiger partial charge >= 0.3 is 0 Å². The molecule has 5 heteroatoms. The van der Waals surface area contributed by atoms with E-state index in [1.807, 2.05) is 60.9 Å². The van der Waals surface area contributed by atoms with Crippen molar-refractivity contribution in [3.05, 3.63) is 186 Å². The highest BCUT2D eigenvalue weighted by atomic mass is 15.0. The van der Waals surface area contributed by atoms with E-state index in [9.17, 15) is 0 Å². The minimum Gasteiger partial charge on any atom is -0.256 e. The SMILES string of the molecule is CC12C=CC=CC1C1(c3ccccc3-c3ccc(-c4nc(-c5ccnc6ccccc56)nc(-c5ccnc6ccccc56)n4)cc31)c1ccccc12. The molecule has 3 atom stereocenters. The highest BCUT2D eigenvalue weighted by Crippen LogP contribution is 2.67. The Bertz CT molecular complexity index is 2750. The van der Waals surface area contributed by atoms with E-state index < -0.39 is 0 Å². The predicted molar refractivity (Wildman–Crippen MR) is 208 cm³/mol. The third-order valence-corrected chi connectivity index (χ3v) is 11.7. The van der Waals surface area contributed by atoms with Gasteiger partial charge in [-0.15, -0.1) is 0 Å². The second-order valence-corrected chi connectivity index (χ2v) is 14.2. The molecule has 0 fully saturated rings. The first kappa shape index (κ1) is 29.2. The molecule has 0 N–H and O–H groups in total. The molecule has 0 saturated heterocycles. The summed E-state index contributed by atoms with van der Waals surface area (Å²) in [5, 5.41) is 1.99. The highest BCUT2D eigenvalue weighted by molar-refractivity contribution is 5.95. The number of rotatable bonds is 3. The number of pyridine rings is 2. The van der Waals surface area contributed by atoms with E-state index >= 15 is 0 Å². The zero-order valence-electron chi connectivity index (χ0n) is 28.4. The zero-order valence-corrected chi connectivity index (χ0v) is 28.4. The molecule has 0 saturated carbocycles. The van der Waals surface area contributed by atoms with Crippen molar-refractivity contribution in [2.75, 3.05) is 0 Å². The normalized spacial score (nSPS) is 20.6. The van der Waals surface area contributed by atoms with Crippen LogP contribution in [0.3, 0.4) is 0 Å². The molecule has 0 radical (unpaired) electrons. The second-order valence-electron chi connectivity index (χ2n) is 14.2. The summed E-state index contributed by atoms with van der Waals surface area (Å²) in [6.07, 6.45) is 12.9. The molecule has 52 heavy (non-hydrogen) atoms. The van der Waals surface area contributed by atoms with Gasteiger partial charge in [0.25, 0.3) is 0 Å². The third kappa shape index (κ3) is 3.85. The molecular weight excluding hydrogens is 635 g/mol. The lowest BCUT2D eigenvalue weighted by molar-refractivity contribution is 0.372. The van der Waals surface area contributed by atoms with E-state index in [4.69, 9.17) is 15.0 Å². The first-order valence-electron chi connectivity index (χ1n) is 17.8. The number of hydrogen-bond acceptors (Lipinski definition) is 5. The molecule has 0 bridgehead atoms. The number of benzene rings is 5. The summed E-state index contributed by atoms with van der Waals surface area (Å²) in [7, 11) is 0. The van der Waals surface area contributed by atoms with Crippen LogP contribution in [0, 0.1) is 5.92 Å². The van der Waals surface area contributed by atoms with Gasteiger partial charge in [0.2, 0.25) is 0 Å². The molecule has 3 aliphatic carbocycles. The Kier molecular flexibility index (Phi) is 6.01. The smallest absolute Gasteiger partial charge is 0.164 e. The van der Waals surface area contributed by atoms with Crippen molar-refractivity contribution in [3.8, 4) is 45.3 Å². The van der Waals surface area contributed by atoms with E-state index in [1.165, 1.54) is 33.4 Å². The van der Waals surface area contributed by atoms with E-state index in [2.05, 4.69) is 120 Å². The maximum atomic E-state index is 5.27. The quantitative estimate of drug-likeness (QED) is 0.188. The Morgan fingerprint density at radius 3 is 1.77 bits per heavy atom. The van der Waals surface area contributed by atoms with Crippen molar-refractivity contribution in [1.82, 2.24) is 24.9 Å². The lowest BCUT2D eigenvalue weighted by atomic mass is 9.61. The zero-order chi connectivity index (χ0) is 34.4. The van der Waals surface area contributed by atoms with Gasteiger partial charge in [0, 0.05) is 51.2 Å². The van der Waals surface area contributed by atoms with Crippen molar-refractivity contribution < 1.29 is 0 Å². The van der Waals surface area contributed by atoms with Crippen LogP contribution in [0.4, 0.5) is 0 Å². The average Bonchev–Trinajstić information content (AvgIpc) is 3.63. The lowest BCUT2D eigenvalue weighted by Gasteiger charge is -2.40. The average molecular weight is 666 g/mol. The highest BCUT2D eigenvalue weighted by Gasteiger charge is 2.61. The topological polar surface area (TPSA) is 64.5 Å². The molecular formula is C47H31N5. The fourth-order valence-electron chi connectivity index (χ4n) is 9.45. The fraction of sp³-hybridized carbons (Fsp3) is 0.0851.